The molecule has 4 rings (SSSR count). The minimum Gasteiger partial charge on any atom is -0.460 e. The molecule has 15 atom stereocenters. The third-order valence-corrected chi connectivity index (χ3v) is 16.1. The summed E-state index contributed by atoms with van der Waals surface area (Å²) in [5.41, 5.74) is 1.25. The molecule has 2 bridgehead atoms. The van der Waals surface area contributed by atoms with E-state index in [2.05, 4.69) is 25.0 Å². The van der Waals surface area contributed by atoms with Gasteiger partial charge in [-0.2, -0.15) is 0 Å². The van der Waals surface area contributed by atoms with Gasteiger partial charge in [-0.25, -0.2) is 4.79 Å². The summed E-state index contributed by atoms with van der Waals surface area (Å²) < 4.78 is 36.5. The largest absolute Gasteiger partial charge is 0.460 e. The van der Waals surface area contributed by atoms with Crippen LogP contribution in [0.5, 0.6) is 0 Å². The summed E-state index contributed by atoms with van der Waals surface area (Å²) >= 11 is 0. The highest BCUT2D eigenvalue weighted by molar-refractivity contribution is 6.69. The number of aliphatic hydroxyl groups is 1. The second-order valence-corrected chi connectivity index (χ2v) is 26.4. The molecule has 1 saturated carbocycles. The van der Waals surface area contributed by atoms with E-state index in [-0.39, 0.29) is 60.9 Å². The van der Waals surface area contributed by atoms with Crippen molar-refractivity contribution < 1.29 is 62.0 Å². The van der Waals surface area contributed by atoms with Crippen LogP contribution in [-0.2, 0) is 56.9 Å². The van der Waals surface area contributed by atoms with Crippen molar-refractivity contribution in [3.05, 3.63) is 52.5 Å². The summed E-state index contributed by atoms with van der Waals surface area (Å²) in [5, 5.41) is 14.7. The Balaban J connectivity index is 1.73. The Bertz CT molecular complexity index is 1950. The Kier molecular flexibility index (Phi) is 23.2. The molecule has 1 aliphatic carbocycles. The van der Waals surface area contributed by atoms with Gasteiger partial charge in [-0.05, 0) is 127 Å². The summed E-state index contributed by atoms with van der Waals surface area (Å²) in [6.07, 6.45) is 12.4. The average molecular weight is 1020 g/mol. The Morgan fingerprint density at radius 2 is 1.56 bits per heavy atom. The number of nitrogens with zero attached hydrogens (tertiary/aromatic N) is 2. The maximum Gasteiger partial charge on any atom is 0.329 e. The molecule has 400 valence electrons. The quantitative estimate of drug-likeness (QED) is 0.0543. The van der Waals surface area contributed by atoms with Gasteiger partial charge in [-0.3, -0.25) is 19.2 Å². The Labute approximate surface area is 424 Å². The van der Waals surface area contributed by atoms with Gasteiger partial charge in [-0.1, -0.05) is 71.1 Å². The first-order valence-electron chi connectivity index (χ1n) is 25.9. The molecule has 0 aromatic heterocycles. The van der Waals surface area contributed by atoms with Gasteiger partial charge in [-0.15, -0.1) is 4.91 Å². The fraction of sp³-hybridized carbons (Fsp3) is 0.759. The van der Waals surface area contributed by atoms with Gasteiger partial charge in [0, 0.05) is 58.5 Å². The van der Waals surface area contributed by atoms with E-state index < -0.39 is 86.1 Å². The van der Waals surface area contributed by atoms with E-state index in [0.29, 0.717) is 50.5 Å². The second-order valence-electron chi connectivity index (χ2n) is 21.9. The lowest BCUT2D eigenvalue weighted by molar-refractivity contribution is -0.265. The Hall–Kier alpha value is -3.71. The highest BCUT2D eigenvalue weighted by Crippen LogP contribution is 2.38. The maximum atomic E-state index is 14.6. The highest BCUT2D eigenvalue weighted by atomic mass is 28.4. The van der Waals surface area contributed by atoms with Gasteiger partial charge in [0.1, 0.15) is 17.9 Å². The van der Waals surface area contributed by atoms with Gasteiger partial charge < -0.3 is 43.0 Å². The second kappa shape index (κ2) is 27.5. The number of allylic oxidation sites excluding steroid dienone is 6. The molecule has 0 radical (unpaired) electrons. The fourth-order valence-electron chi connectivity index (χ4n) is 10.9. The van der Waals surface area contributed by atoms with E-state index in [1.165, 1.54) is 12.0 Å². The van der Waals surface area contributed by atoms with Crippen LogP contribution in [0.1, 0.15) is 126 Å². The number of rotatable bonds is 10. The van der Waals surface area contributed by atoms with E-state index in [1.807, 2.05) is 51.2 Å². The molecule has 4 aliphatic rings. The summed E-state index contributed by atoms with van der Waals surface area (Å²) in [6.45, 7) is 19.2. The zero-order valence-corrected chi connectivity index (χ0v) is 45.9. The number of hydrogen-bond acceptors (Lipinski definition) is 15. The number of Topliss-reactive ketones (excluding diaryl/α,β-unsaturated/α-hetero) is 3. The number of cyclic esters (lactones) is 1. The number of esters is 1. The normalized spacial score (nSPS) is 37.0. The predicted molar refractivity (Wildman–Crippen MR) is 272 cm³/mol. The van der Waals surface area contributed by atoms with Crippen molar-refractivity contribution in [3.63, 3.8) is 0 Å². The number of carbonyl (C=O) groups excluding carboxylic acids is 5. The molecular weight excluding hydrogens is 929 g/mol. The van der Waals surface area contributed by atoms with Crippen LogP contribution < -0.4 is 0 Å². The molecule has 3 heterocycles. The SMILES string of the molecule is CO[C@H]1C[C@@H]2CC[C@@H](C)[C@@](O)(O2)C(=O)C(=O)N2CCCC[C@H]2C(=O)OC([C@H](C)C[C@@H]2CC[C@@H](O[Si](C)(C)C)[C@H](OC)C2)CC(=O)[C@H](C)/C=C(\C)[C@@H](ON=O)[C@@H](OC)C(=O)[C@H](C)C[C@H](C)/C=C/C=CC=C1C. The Morgan fingerprint density at radius 1 is 0.845 bits per heavy atom. The summed E-state index contributed by atoms with van der Waals surface area (Å²) in [6, 6.07) is -1.15. The standard InChI is InChI=1S/C54H86N2O14Si/c1-33-19-15-14-16-20-34(2)45(64-8)31-41-24-22-39(7)54(62,68-41)51(59)52(60)56-26-18-17-21-42(56)53(61)67-46(36(4)29-40-23-25-44(47(30-40)65-9)70-71(11,12)13)32-43(57)35(3)28-38(6)49(69-55-63)50(66-10)48(58)37(5)27-33/h14-16,19-20,28,33,35-37,39-42,44-47,49-50,62H,17-18,21-27,29-32H2,1-13H3/b16-14?,19-15+,34-20?,38-28+/t33-,35-,36-,37-,39-,40+,41+,42+,44-,45+,46?,47-,49-,50+,54-/m1/s1. The lowest BCUT2D eigenvalue weighted by Crippen LogP contribution is -2.61. The summed E-state index contributed by atoms with van der Waals surface area (Å²) in [7, 11) is 2.77. The number of amides is 1. The smallest absolute Gasteiger partial charge is 0.329 e. The molecular formula is C54H86N2O14Si. The van der Waals surface area contributed by atoms with Crippen LogP contribution in [-0.4, -0.2) is 130 Å². The summed E-state index contributed by atoms with van der Waals surface area (Å²) in [4.78, 5) is 89.7. The molecule has 17 heteroatoms. The topological polar surface area (TPSA) is 203 Å². The molecule has 2 saturated heterocycles. The predicted octanol–water partition coefficient (Wildman–Crippen LogP) is 8.75. The van der Waals surface area contributed by atoms with Gasteiger partial charge in [0.05, 0.1) is 24.4 Å². The lowest BCUT2D eigenvalue weighted by atomic mass is 9.78. The number of ketones is 3. The van der Waals surface area contributed by atoms with E-state index in [9.17, 15) is 34.0 Å². The number of piperidine rings is 1. The number of methoxy groups -OCH3 is 3. The molecule has 1 amide bonds. The molecule has 16 nitrogen and oxygen atoms in total. The average Bonchev–Trinajstić information content (AvgIpc) is 3.32. The summed E-state index contributed by atoms with van der Waals surface area (Å²) in [5.74, 6) is -8.12. The first kappa shape index (κ1) is 59.8. The molecule has 1 N–H and O–H groups in total. The monoisotopic (exact) mass is 1010 g/mol. The van der Waals surface area contributed by atoms with Crippen molar-refractivity contribution in [2.75, 3.05) is 27.9 Å². The molecule has 0 spiro atoms. The molecule has 71 heavy (non-hydrogen) atoms. The van der Waals surface area contributed by atoms with Gasteiger partial charge >= 0.3 is 5.97 Å². The first-order chi connectivity index (χ1) is 33.5. The Morgan fingerprint density at radius 3 is 2.21 bits per heavy atom. The van der Waals surface area contributed by atoms with Crippen molar-refractivity contribution in [1.82, 2.24) is 4.90 Å². The van der Waals surface area contributed by atoms with Crippen LogP contribution in [0.15, 0.2) is 52.9 Å². The van der Waals surface area contributed by atoms with Crippen LogP contribution in [0.2, 0.25) is 19.6 Å². The molecule has 3 aliphatic heterocycles. The highest BCUT2D eigenvalue weighted by Gasteiger charge is 2.53. The van der Waals surface area contributed by atoms with Crippen LogP contribution in [0.3, 0.4) is 0 Å². The van der Waals surface area contributed by atoms with E-state index >= 15 is 0 Å². The third-order valence-electron chi connectivity index (χ3n) is 15.1. The molecule has 0 aromatic rings. The van der Waals surface area contributed by atoms with E-state index in [0.717, 1.165) is 24.8 Å². The van der Waals surface area contributed by atoms with Crippen LogP contribution in [0, 0.1) is 40.4 Å². The number of carbonyl (C=O) groups is 5. The van der Waals surface area contributed by atoms with E-state index in [1.54, 1.807) is 48.0 Å². The van der Waals surface area contributed by atoms with Crippen molar-refractivity contribution in [3.8, 4) is 0 Å². The number of hydrogen-bond donors (Lipinski definition) is 1. The molecule has 1 unspecified atom stereocenters. The van der Waals surface area contributed by atoms with Crippen molar-refractivity contribution >= 4 is 37.5 Å². The van der Waals surface area contributed by atoms with Crippen molar-refractivity contribution in [2.45, 2.75) is 200 Å². The lowest BCUT2D eigenvalue weighted by Gasteiger charge is -2.42. The van der Waals surface area contributed by atoms with E-state index in [4.69, 9.17) is 32.9 Å². The van der Waals surface area contributed by atoms with Crippen LogP contribution in [0.25, 0.3) is 0 Å². The fourth-order valence-corrected chi connectivity index (χ4v) is 12.0. The van der Waals surface area contributed by atoms with Gasteiger partial charge in [0.25, 0.3) is 11.7 Å². The number of ether oxygens (including phenoxy) is 5. The van der Waals surface area contributed by atoms with Crippen molar-refractivity contribution in [1.29, 1.82) is 0 Å². The minimum absolute atomic E-state index is 0.0217. The van der Waals surface area contributed by atoms with Crippen molar-refractivity contribution in [2.24, 2.45) is 40.8 Å². The van der Waals surface area contributed by atoms with Gasteiger partial charge in [0.15, 0.2) is 31.6 Å². The third kappa shape index (κ3) is 16.6. The van der Waals surface area contributed by atoms with Crippen LogP contribution >= 0.6 is 0 Å². The molecule has 3 fully saturated rings. The first-order valence-corrected chi connectivity index (χ1v) is 29.4. The maximum absolute atomic E-state index is 14.6. The number of fused-ring (bicyclic) bond motifs is 3. The zero-order chi connectivity index (χ0) is 52.8. The molecule has 0 aromatic carbocycles. The zero-order valence-electron chi connectivity index (χ0n) is 44.9. The van der Waals surface area contributed by atoms with Gasteiger partial charge in [0.2, 0.25) is 5.79 Å². The minimum atomic E-state index is -2.44. The van der Waals surface area contributed by atoms with Crippen LogP contribution in [0.4, 0.5) is 0 Å².